The van der Waals surface area contributed by atoms with Crippen molar-refractivity contribution in [1.29, 1.82) is 0 Å². The summed E-state index contributed by atoms with van der Waals surface area (Å²) < 4.78 is 27.2. The average Bonchev–Trinajstić information content (AvgIpc) is 3.30. The second-order valence-corrected chi connectivity index (χ2v) is 9.85. The Kier molecular flexibility index (Phi) is 6.59. The number of hydrogen-bond donors (Lipinski definition) is 3. The van der Waals surface area contributed by atoms with Crippen LogP contribution < -0.4 is 16.2 Å². The summed E-state index contributed by atoms with van der Waals surface area (Å²) in [6.07, 6.45) is 4.84. The number of thiocarbonyl (C=S) groups is 1. The molecule has 0 aliphatic heterocycles. The number of fused-ring (bicyclic) bond motifs is 2. The highest BCUT2D eigenvalue weighted by Gasteiger charge is 2.39. The topological polar surface area (TPSA) is 117 Å². The van der Waals surface area contributed by atoms with E-state index in [1.807, 2.05) is 0 Å². The second kappa shape index (κ2) is 8.80. The summed E-state index contributed by atoms with van der Waals surface area (Å²) in [7, 11) is -3.90. The zero-order valence-electron chi connectivity index (χ0n) is 16.6. The molecule has 11 heteroatoms. The number of nitro benzene ring substituents is 1. The highest BCUT2D eigenvalue weighted by molar-refractivity contribution is 7.89. The van der Waals surface area contributed by atoms with Crippen molar-refractivity contribution in [3.05, 3.63) is 28.3 Å². The summed E-state index contributed by atoms with van der Waals surface area (Å²) >= 11 is 5.35. The van der Waals surface area contributed by atoms with E-state index in [9.17, 15) is 18.5 Å². The molecule has 2 aliphatic carbocycles. The Balaban J connectivity index is 1.75. The predicted molar refractivity (Wildman–Crippen MR) is 115 cm³/mol. The minimum atomic E-state index is -3.90. The molecule has 29 heavy (non-hydrogen) atoms. The summed E-state index contributed by atoms with van der Waals surface area (Å²) in [6, 6.07) is 4.05. The second-order valence-electron chi connectivity index (χ2n) is 7.53. The number of benzene rings is 1. The van der Waals surface area contributed by atoms with Gasteiger partial charge >= 0.3 is 0 Å². The van der Waals surface area contributed by atoms with Gasteiger partial charge in [0.25, 0.3) is 5.69 Å². The van der Waals surface area contributed by atoms with Crippen molar-refractivity contribution in [1.82, 2.24) is 15.0 Å². The summed E-state index contributed by atoms with van der Waals surface area (Å²) in [5.74, 6) is 1.41. The standard InChI is InChI=1S/C18H27N5O4S2/c1-3-22(4-2)29(26,27)17-11-14(23(24)25)7-8-15(17)20-21-18(28)19-16-10-12-5-6-13(16)9-12/h7-8,11-13,16,20H,3-6,9-10H2,1-2H3,(H2,19,21,28). The Labute approximate surface area is 176 Å². The van der Waals surface area contributed by atoms with Crippen molar-refractivity contribution in [2.75, 3.05) is 18.5 Å². The maximum absolute atomic E-state index is 13.0. The maximum Gasteiger partial charge on any atom is 0.270 e. The zero-order chi connectivity index (χ0) is 21.2. The van der Waals surface area contributed by atoms with Gasteiger partial charge < -0.3 is 5.32 Å². The van der Waals surface area contributed by atoms with Crippen LogP contribution in [-0.2, 0) is 10.0 Å². The van der Waals surface area contributed by atoms with Gasteiger partial charge in [-0.25, -0.2) is 8.42 Å². The van der Waals surface area contributed by atoms with Crippen molar-refractivity contribution >= 4 is 38.7 Å². The highest BCUT2D eigenvalue weighted by Crippen LogP contribution is 2.44. The molecule has 2 bridgehead atoms. The number of anilines is 1. The van der Waals surface area contributed by atoms with Crippen molar-refractivity contribution in [3.63, 3.8) is 0 Å². The van der Waals surface area contributed by atoms with E-state index in [1.54, 1.807) is 13.8 Å². The minimum absolute atomic E-state index is 0.161. The highest BCUT2D eigenvalue weighted by atomic mass is 32.2. The lowest BCUT2D eigenvalue weighted by molar-refractivity contribution is -0.385. The lowest BCUT2D eigenvalue weighted by Crippen LogP contribution is -2.46. The van der Waals surface area contributed by atoms with Crippen LogP contribution in [-0.4, -0.2) is 41.9 Å². The van der Waals surface area contributed by atoms with Crippen LogP contribution >= 0.6 is 12.2 Å². The Morgan fingerprint density at radius 3 is 2.55 bits per heavy atom. The van der Waals surface area contributed by atoms with Crippen molar-refractivity contribution in [3.8, 4) is 0 Å². The molecule has 9 nitrogen and oxygen atoms in total. The van der Waals surface area contributed by atoms with E-state index >= 15 is 0 Å². The number of nitrogens with zero attached hydrogens (tertiary/aromatic N) is 2. The number of sulfonamides is 1. The molecule has 2 saturated carbocycles. The monoisotopic (exact) mass is 441 g/mol. The van der Waals surface area contributed by atoms with Crippen LogP contribution in [0, 0.1) is 22.0 Å². The Morgan fingerprint density at radius 1 is 1.28 bits per heavy atom. The van der Waals surface area contributed by atoms with E-state index in [4.69, 9.17) is 12.2 Å². The zero-order valence-corrected chi connectivity index (χ0v) is 18.2. The third kappa shape index (κ3) is 4.62. The molecule has 3 rings (SSSR count). The molecular weight excluding hydrogens is 414 g/mol. The molecule has 1 aromatic rings. The van der Waals surface area contributed by atoms with Crippen LogP contribution in [0.2, 0.25) is 0 Å². The molecule has 2 aliphatic rings. The van der Waals surface area contributed by atoms with Crippen molar-refractivity contribution < 1.29 is 13.3 Å². The summed E-state index contributed by atoms with van der Waals surface area (Å²) in [5, 5.41) is 14.8. The van der Waals surface area contributed by atoms with Crippen LogP contribution in [0.3, 0.4) is 0 Å². The van der Waals surface area contributed by atoms with Crippen LogP contribution in [0.15, 0.2) is 23.1 Å². The van der Waals surface area contributed by atoms with Crippen molar-refractivity contribution in [2.45, 2.75) is 50.5 Å². The first-order chi connectivity index (χ1) is 13.8. The van der Waals surface area contributed by atoms with Crippen LogP contribution in [0.25, 0.3) is 0 Å². The quantitative estimate of drug-likeness (QED) is 0.320. The summed E-state index contributed by atoms with van der Waals surface area (Å²) in [5.41, 5.74) is 5.58. The molecule has 160 valence electrons. The molecule has 0 amide bonds. The van der Waals surface area contributed by atoms with Gasteiger partial charge in [-0.15, -0.1) is 0 Å². The fraction of sp³-hybridized carbons (Fsp3) is 0.611. The SMILES string of the molecule is CCN(CC)S(=O)(=O)c1cc([N+](=O)[O-])ccc1NNC(=S)NC1CC2CCC1C2. The fourth-order valence-electron chi connectivity index (χ4n) is 4.39. The molecule has 0 heterocycles. The van der Waals surface area contributed by atoms with Gasteiger partial charge in [0.05, 0.1) is 10.6 Å². The summed E-state index contributed by atoms with van der Waals surface area (Å²) in [4.78, 5) is 10.4. The molecule has 3 atom stereocenters. The molecule has 3 unspecified atom stereocenters. The van der Waals surface area contributed by atoms with Crippen molar-refractivity contribution in [2.24, 2.45) is 11.8 Å². The Morgan fingerprint density at radius 2 is 2.00 bits per heavy atom. The van der Waals surface area contributed by atoms with Gasteiger partial charge in [0.1, 0.15) is 4.90 Å². The van der Waals surface area contributed by atoms with E-state index in [0.717, 1.165) is 18.4 Å². The number of non-ortho nitro benzene ring substituents is 1. The van der Waals surface area contributed by atoms with Gasteiger partial charge in [0.15, 0.2) is 5.11 Å². The van der Waals surface area contributed by atoms with Gasteiger partial charge in [-0.1, -0.05) is 20.3 Å². The molecule has 0 radical (unpaired) electrons. The molecule has 3 N–H and O–H groups in total. The van der Waals surface area contributed by atoms with E-state index < -0.39 is 14.9 Å². The summed E-state index contributed by atoms with van der Waals surface area (Å²) in [6.45, 7) is 3.97. The smallest absolute Gasteiger partial charge is 0.270 e. The van der Waals surface area contributed by atoms with Gasteiger partial charge in [0, 0.05) is 31.3 Å². The molecule has 2 fully saturated rings. The first-order valence-electron chi connectivity index (χ1n) is 9.87. The largest absolute Gasteiger partial charge is 0.358 e. The van der Waals surface area contributed by atoms with Gasteiger partial charge in [-0.05, 0) is 49.4 Å². The average molecular weight is 442 g/mol. The first kappa shape index (κ1) is 21.7. The molecule has 1 aromatic carbocycles. The number of hydrogen-bond acceptors (Lipinski definition) is 6. The minimum Gasteiger partial charge on any atom is -0.358 e. The van der Waals surface area contributed by atoms with E-state index in [-0.39, 0.29) is 29.4 Å². The maximum atomic E-state index is 13.0. The molecular formula is C18H27N5O4S2. The van der Waals surface area contributed by atoms with Gasteiger partial charge in [-0.2, -0.15) is 4.31 Å². The third-order valence-electron chi connectivity index (χ3n) is 5.86. The van der Waals surface area contributed by atoms with Crippen LogP contribution in [0.5, 0.6) is 0 Å². The molecule has 0 spiro atoms. The lowest BCUT2D eigenvalue weighted by atomic mass is 9.96. The predicted octanol–water partition coefficient (Wildman–Crippen LogP) is 2.60. The lowest BCUT2D eigenvalue weighted by Gasteiger charge is -2.25. The first-order valence-corrected chi connectivity index (χ1v) is 11.7. The van der Waals surface area contributed by atoms with E-state index in [0.29, 0.717) is 17.1 Å². The Hall–Kier alpha value is -1.98. The molecule has 0 aromatic heterocycles. The third-order valence-corrected chi connectivity index (χ3v) is 8.17. The normalized spacial score (nSPS) is 23.2. The van der Waals surface area contributed by atoms with Gasteiger partial charge in [-0.3, -0.25) is 21.0 Å². The fourth-order valence-corrected chi connectivity index (χ4v) is 6.22. The van der Waals surface area contributed by atoms with E-state index in [1.165, 1.54) is 35.7 Å². The number of nitrogens with one attached hydrogen (secondary N) is 3. The van der Waals surface area contributed by atoms with Crippen LogP contribution in [0.4, 0.5) is 11.4 Å². The van der Waals surface area contributed by atoms with E-state index in [2.05, 4.69) is 16.2 Å². The Bertz CT molecular complexity index is 888. The van der Waals surface area contributed by atoms with Gasteiger partial charge in [0.2, 0.25) is 10.0 Å². The van der Waals surface area contributed by atoms with Crippen LogP contribution in [0.1, 0.15) is 39.5 Å². The number of nitro groups is 1. The molecule has 0 saturated heterocycles. The number of hydrazine groups is 1. The number of rotatable bonds is 8.